The van der Waals surface area contributed by atoms with Crippen LogP contribution in [0.3, 0.4) is 0 Å². The number of nitrogens with zero attached hydrogens (tertiary/aromatic N) is 1. The van der Waals surface area contributed by atoms with Crippen molar-refractivity contribution < 1.29 is 22.9 Å². The molecule has 1 amide bonds. The molecule has 158 valence electrons. The molecule has 0 aromatic heterocycles. The number of carbonyl (C=O) groups excluding carboxylic acids is 1. The number of benzene rings is 2. The summed E-state index contributed by atoms with van der Waals surface area (Å²) in [6.07, 6.45) is -3.89. The Labute approximate surface area is 182 Å². The molecule has 2 aromatic carbocycles. The minimum atomic E-state index is -4.92. The lowest BCUT2D eigenvalue weighted by molar-refractivity contribution is -0.385. The molecule has 0 radical (unpaired) electrons. The summed E-state index contributed by atoms with van der Waals surface area (Å²) in [5.74, 6) is -2.03. The molecule has 0 fully saturated rings. The van der Waals surface area contributed by atoms with E-state index in [9.17, 15) is 28.1 Å². The highest BCUT2D eigenvalue weighted by molar-refractivity contribution is 9.10. The molecule has 0 saturated heterocycles. The highest BCUT2D eigenvalue weighted by atomic mass is 79.9. The van der Waals surface area contributed by atoms with Gasteiger partial charge in [-0.25, -0.2) is 0 Å². The molecule has 2 rings (SSSR count). The van der Waals surface area contributed by atoms with Gasteiger partial charge in [0.15, 0.2) is 0 Å². The maximum Gasteiger partial charge on any atom is 0.471 e. The van der Waals surface area contributed by atoms with Crippen LogP contribution in [-0.2, 0) is 17.6 Å². The molecule has 2 aromatic rings. The van der Waals surface area contributed by atoms with Gasteiger partial charge in [0.05, 0.1) is 9.40 Å². The monoisotopic (exact) mass is 539 g/mol. The van der Waals surface area contributed by atoms with Gasteiger partial charge in [-0.05, 0) is 64.6 Å². The second kappa shape index (κ2) is 11.9. The fourth-order valence-electron chi connectivity index (χ4n) is 2.09. The third kappa shape index (κ3) is 9.37. The molecule has 0 spiro atoms. The van der Waals surface area contributed by atoms with Gasteiger partial charge in [0.25, 0.3) is 5.69 Å². The van der Waals surface area contributed by atoms with Gasteiger partial charge in [-0.2, -0.15) is 13.2 Å². The van der Waals surface area contributed by atoms with Crippen LogP contribution in [0.2, 0.25) is 0 Å². The third-order valence-corrected chi connectivity index (χ3v) is 4.71. The van der Waals surface area contributed by atoms with Crippen LogP contribution in [0.1, 0.15) is 11.1 Å². The molecule has 0 aliphatic carbocycles. The zero-order valence-electron chi connectivity index (χ0n) is 15.0. The van der Waals surface area contributed by atoms with Crippen molar-refractivity contribution in [1.29, 1.82) is 0 Å². The summed E-state index contributed by atoms with van der Waals surface area (Å²) in [6.45, 7) is 0.471. The summed E-state index contributed by atoms with van der Waals surface area (Å²) in [5, 5.41) is 12.3. The predicted molar refractivity (Wildman–Crippen MR) is 110 cm³/mol. The van der Waals surface area contributed by atoms with Gasteiger partial charge in [-0.15, -0.1) is 0 Å². The van der Waals surface area contributed by atoms with Crippen molar-refractivity contribution in [3.05, 3.63) is 72.7 Å². The van der Waals surface area contributed by atoms with Gasteiger partial charge in [-0.1, -0.05) is 34.1 Å². The fourth-order valence-corrected chi connectivity index (χ4v) is 2.75. The molecule has 0 unspecified atom stereocenters. The molecular weight excluding hydrogens is 523 g/mol. The average Bonchev–Trinajstić information content (AvgIpc) is 2.64. The Bertz CT molecular complexity index is 831. The molecule has 0 saturated carbocycles. The van der Waals surface area contributed by atoms with E-state index >= 15 is 0 Å². The molecule has 0 heterocycles. The summed E-state index contributed by atoms with van der Waals surface area (Å²) in [6, 6.07) is 12.4. The number of nitro benzene ring substituents is 1. The molecule has 0 aliphatic heterocycles. The lowest BCUT2D eigenvalue weighted by Gasteiger charge is -2.07. The van der Waals surface area contributed by atoms with E-state index in [0.717, 1.165) is 17.4 Å². The van der Waals surface area contributed by atoms with Crippen molar-refractivity contribution in [1.82, 2.24) is 5.32 Å². The smallest absolute Gasteiger partial charge is 0.348 e. The van der Waals surface area contributed by atoms with Crippen LogP contribution < -0.4 is 11.1 Å². The van der Waals surface area contributed by atoms with Crippen LogP contribution in [0.25, 0.3) is 0 Å². The Kier molecular flexibility index (Phi) is 10.3. The van der Waals surface area contributed by atoms with Crippen LogP contribution in [0.15, 0.2) is 51.4 Å². The Morgan fingerprint density at radius 3 is 2.17 bits per heavy atom. The van der Waals surface area contributed by atoms with E-state index in [2.05, 4.69) is 44.0 Å². The number of halogens is 5. The third-order valence-electron chi connectivity index (χ3n) is 3.51. The first-order chi connectivity index (χ1) is 13.5. The van der Waals surface area contributed by atoms with E-state index in [1.165, 1.54) is 23.8 Å². The summed E-state index contributed by atoms with van der Waals surface area (Å²) in [7, 11) is 0. The number of nitro groups is 1. The first-order valence-electron chi connectivity index (χ1n) is 8.27. The van der Waals surface area contributed by atoms with Gasteiger partial charge < -0.3 is 11.1 Å². The largest absolute Gasteiger partial charge is 0.471 e. The molecule has 11 heteroatoms. The van der Waals surface area contributed by atoms with Gasteiger partial charge in [-0.3, -0.25) is 14.9 Å². The minimum absolute atomic E-state index is 0.0654. The van der Waals surface area contributed by atoms with Crippen LogP contribution >= 0.6 is 31.9 Å². The maximum atomic E-state index is 11.9. The normalized spacial score (nSPS) is 10.7. The number of hydrogen-bond acceptors (Lipinski definition) is 4. The standard InChI is InChI=1S/C10H8BrF3N2O3.C8H10BrN/c11-7-2-1-6(5-8(7)16(18)19)3-4-15-9(17)10(12,13)14;9-8-3-1-7(2-4-8)5-6-10/h1-2,5H,3-4H2,(H,15,17);1-4H,5-6,10H2. The van der Waals surface area contributed by atoms with E-state index in [1.807, 2.05) is 12.1 Å². The number of alkyl halides is 3. The number of carbonyl (C=O) groups is 1. The molecular formula is C18H18Br2F3N3O3. The molecule has 29 heavy (non-hydrogen) atoms. The van der Waals surface area contributed by atoms with Crippen molar-refractivity contribution in [3.8, 4) is 0 Å². The van der Waals surface area contributed by atoms with Crippen LogP contribution in [0, 0.1) is 10.1 Å². The number of rotatable bonds is 6. The Morgan fingerprint density at radius 2 is 1.66 bits per heavy atom. The minimum Gasteiger partial charge on any atom is -0.348 e. The summed E-state index contributed by atoms with van der Waals surface area (Å²) < 4.78 is 37.1. The van der Waals surface area contributed by atoms with Crippen molar-refractivity contribution in [3.63, 3.8) is 0 Å². The van der Waals surface area contributed by atoms with E-state index < -0.39 is 17.0 Å². The SMILES string of the molecule is NCCc1ccc(Br)cc1.O=C(NCCc1ccc(Br)c([N+](=O)[O-])c1)C(F)(F)F. The zero-order chi connectivity index (χ0) is 22.0. The van der Waals surface area contributed by atoms with Gasteiger partial charge in [0.2, 0.25) is 0 Å². The lowest BCUT2D eigenvalue weighted by Crippen LogP contribution is -2.37. The summed E-state index contributed by atoms with van der Waals surface area (Å²) in [5.41, 5.74) is 6.96. The van der Waals surface area contributed by atoms with Crippen LogP contribution in [-0.4, -0.2) is 30.1 Å². The second-order valence-corrected chi connectivity index (χ2v) is 7.48. The second-order valence-electron chi connectivity index (χ2n) is 5.71. The molecule has 0 bridgehead atoms. The van der Waals surface area contributed by atoms with Crippen molar-refractivity contribution in [2.45, 2.75) is 19.0 Å². The van der Waals surface area contributed by atoms with Crippen LogP contribution in [0.5, 0.6) is 0 Å². The number of hydrogen-bond donors (Lipinski definition) is 2. The predicted octanol–water partition coefficient (Wildman–Crippen LogP) is 4.53. The number of amides is 1. The van der Waals surface area contributed by atoms with Crippen molar-refractivity contribution in [2.24, 2.45) is 5.73 Å². The highest BCUT2D eigenvalue weighted by Gasteiger charge is 2.38. The van der Waals surface area contributed by atoms with E-state index in [0.29, 0.717) is 5.56 Å². The summed E-state index contributed by atoms with van der Waals surface area (Å²) >= 11 is 6.35. The Morgan fingerprint density at radius 1 is 1.07 bits per heavy atom. The summed E-state index contributed by atoms with van der Waals surface area (Å²) in [4.78, 5) is 20.6. The first-order valence-corrected chi connectivity index (χ1v) is 9.85. The van der Waals surface area contributed by atoms with E-state index in [-0.39, 0.29) is 23.1 Å². The fraction of sp³-hybridized carbons (Fsp3) is 0.278. The maximum absolute atomic E-state index is 11.9. The average molecular weight is 541 g/mol. The lowest BCUT2D eigenvalue weighted by atomic mass is 10.1. The molecule has 0 aliphatic rings. The van der Waals surface area contributed by atoms with Gasteiger partial charge >= 0.3 is 12.1 Å². The number of nitrogens with one attached hydrogen (secondary N) is 1. The quantitative estimate of drug-likeness (QED) is 0.415. The van der Waals surface area contributed by atoms with Gasteiger partial charge in [0.1, 0.15) is 0 Å². The zero-order valence-corrected chi connectivity index (χ0v) is 18.2. The first kappa shape index (κ1) is 25.1. The number of nitrogens with two attached hydrogens (primary N) is 1. The van der Waals surface area contributed by atoms with Crippen LogP contribution in [0.4, 0.5) is 18.9 Å². The topological polar surface area (TPSA) is 98.3 Å². The van der Waals surface area contributed by atoms with Crippen molar-refractivity contribution >= 4 is 43.5 Å². The molecule has 0 atom stereocenters. The van der Waals surface area contributed by atoms with Gasteiger partial charge in [0, 0.05) is 17.1 Å². The Hall–Kier alpha value is -1.98. The van der Waals surface area contributed by atoms with Crippen molar-refractivity contribution in [2.75, 3.05) is 13.1 Å². The van der Waals surface area contributed by atoms with E-state index in [1.54, 1.807) is 5.32 Å². The molecule has 6 nitrogen and oxygen atoms in total. The Balaban J connectivity index is 0.000000352. The highest BCUT2D eigenvalue weighted by Crippen LogP contribution is 2.25. The molecule has 3 N–H and O–H groups in total. The van der Waals surface area contributed by atoms with E-state index in [4.69, 9.17) is 5.73 Å².